The number of pyridine rings is 2. The lowest BCUT2D eigenvalue weighted by molar-refractivity contribution is 0.0270. The molecular formula is C29H31Cl2FN4O4. The summed E-state index contributed by atoms with van der Waals surface area (Å²) >= 11 is 12.4. The number of methoxy groups -OCH3 is 1. The van der Waals surface area contributed by atoms with Crippen molar-refractivity contribution in [1.82, 2.24) is 14.9 Å². The number of nitrogen functional groups attached to an aromatic ring is 1. The first-order chi connectivity index (χ1) is 19.0. The molecule has 0 unspecified atom stereocenters. The van der Waals surface area contributed by atoms with Gasteiger partial charge in [0.1, 0.15) is 22.9 Å². The Bertz CT molecular complexity index is 1430. The van der Waals surface area contributed by atoms with E-state index in [2.05, 4.69) is 4.98 Å². The van der Waals surface area contributed by atoms with E-state index in [0.29, 0.717) is 58.7 Å². The van der Waals surface area contributed by atoms with Crippen molar-refractivity contribution >= 4 is 40.7 Å². The molecule has 0 spiro atoms. The average molecular weight is 589 g/mol. The summed E-state index contributed by atoms with van der Waals surface area (Å²) in [5, 5.41) is 0.305. The van der Waals surface area contributed by atoms with Crippen molar-refractivity contribution in [2.45, 2.75) is 39.2 Å². The van der Waals surface area contributed by atoms with Crippen LogP contribution in [0.4, 0.5) is 15.0 Å². The Labute approximate surface area is 242 Å². The summed E-state index contributed by atoms with van der Waals surface area (Å²) in [7, 11) is 1.54. The molecular weight excluding hydrogens is 558 g/mol. The molecule has 11 heteroatoms. The first kappa shape index (κ1) is 29.4. The van der Waals surface area contributed by atoms with Crippen molar-refractivity contribution in [3.63, 3.8) is 0 Å². The molecule has 1 aromatic carbocycles. The molecule has 3 heterocycles. The fourth-order valence-corrected chi connectivity index (χ4v) is 4.80. The Morgan fingerprint density at radius 1 is 1.12 bits per heavy atom. The smallest absolute Gasteiger partial charge is 0.410 e. The molecule has 2 aromatic heterocycles. The molecule has 0 radical (unpaired) electrons. The number of ether oxygens (including phenoxy) is 3. The maximum atomic E-state index is 14.1. The van der Waals surface area contributed by atoms with E-state index in [4.69, 9.17) is 48.1 Å². The van der Waals surface area contributed by atoms with Crippen LogP contribution in [0.3, 0.4) is 0 Å². The summed E-state index contributed by atoms with van der Waals surface area (Å²) < 4.78 is 31.7. The van der Waals surface area contributed by atoms with Gasteiger partial charge in [0.2, 0.25) is 0 Å². The second kappa shape index (κ2) is 12.3. The van der Waals surface area contributed by atoms with Gasteiger partial charge in [-0.2, -0.15) is 0 Å². The highest BCUT2D eigenvalue weighted by Crippen LogP contribution is 2.43. The van der Waals surface area contributed by atoms with Gasteiger partial charge in [0.15, 0.2) is 11.5 Å². The first-order valence-electron chi connectivity index (χ1n) is 12.7. The van der Waals surface area contributed by atoms with Crippen molar-refractivity contribution in [3.8, 4) is 22.6 Å². The average Bonchev–Trinajstić information content (AvgIpc) is 2.92. The number of benzene rings is 1. The third kappa shape index (κ3) is 6.77. The number of carbonyl (C=O) groups excluding carboxylic acids is 1. The summed E-state index contributed by atoms with van der Waals surface area (Å²) in [6.07, 6.45) is 5.64. The lowest BCUT2D eigenvalue weighted by Gasteiger charge is -2.30. The largest absolute Gasteiger partial charge is 0.492 e. The maximum Gasteiger partial charge on any atom is 0.410 e. The van der Waals surface area contributed by atoms with Gasteiger partial charge in [0.25, 0.3) is 0 Å². The first-order valence-corrected chi connectivity index (χ1v) is 13.5. The molecule has 0 bridgehead atoms. The second-order valence-electron chi connectivity index (χ2n) is 10.2. The third-order valence-corrected chi connectivity index (χ3v) is 6.96. The van der Waals surface area contributed by atoms with E-state index in [9.17, 15) is 9.18 Å². The number of amides is 1. The normalized spacial score (nSPS) is 13.6. The molecule has 0 saturated carbocycles. The third-order valence-electron chi connectivity index (χ3n) is 6.19. The highest BCUT2D eigenvalue weighted by atomic mass is 35.5. The van der Waals surface area contributed by atoms with Crippen LogP contribution in [0.1, 0.15) is 38.4 Å². The molecule has 2 N–H and O–H groups in total. The quantitative estimate of drug-likeness (QED) is 0.302. The zero-order valence-corrected chi connectivity index (χ0v) is 24.3. The van der Waals surface area contributed by atoms with Crippen LogP contribution in [0, 0.1) is 5.82 Å². The molecule has 1 amide bonds. The van der Waals surface area contributed by atoms with E-state index in [-0.39, 0.29) is 24.1 Å². The van der Waals surface area contributed by atoms with Crippen LogP contribution in [-0.4, -0.2) is 53.4 Å². The van der Waals surface area contributed by atoms with Gasteiger partial charge < -0.3 is 24.8 Å². The summed E-state index contributed by atoms with van der Waals surface area (Å²) in [4.78, 5) is 23.1. The number of rotatable bonds is 7. The minimum Gasteiger partial charge on any atom is -0.492 e. The number of hydrogen-bond donors (Lipinski definition) is 1. The lowest BCUT2D eigenvalue weighted by atomic mass is 10.0. The summed E-state index contributed by atoms with van der Waals surface area (Å²) in [6, 6.07) is 6.19. The minimum absolute atomic E-state index is 0.0414. The predicted molar refractivity (Wildman–Crippen MR) is 154 cm³/mol. The van der Waals surface area contributed by atoms with Gasteiger partial charge >= 0.3 is 6.09 Å². The topological polar surface area (TPSA) is 99.8 Å². The van der Waals surface area contributed by atoms with Gasteiger partial charge in [-0.15, -0.1) is 0 Å². The van der Waals surface area contributed by atoms with Gasteiger partial charge in [-0.3, -0.25) is 4.98 Å². The molecule has 1 aliphatic rings. The van der Waals surface area contributed by atoms with E-state index in [1.54, 1.807) is 30.5 Å². The Morgan fingerprint density at radius 2 is 1.90 bits per heavy atom. The molecule has 40 heavy (non-hydrogen) atoms. The van der Waals surface area contributed by atoms with Crippen LogP contribution in [0.2, 0.25) is 10.0 Å². The summed E-state index contributed by atoms with van der Waals surface area (Å²) in [5.74, 6) is 0.677. The van der Waals surface area contributed by atoms with Crippen LogP contribution in [0.5, 0.6) is 11.5 Å². The predicted octanol–water partition coefficient (Wildman–Crippen LogP) is 6.83. The fourth-order valence-electron chi connectivity index (χ4n) is 4.24. The second-order valence-corrected chi connectivity index (χ2v) is 11.0. The Kier molecular flexibility index (Phi) is 9.05. The molecule has 3 aromatic rings. The van der Waals surface area contributed by atoms with Crippen LogP contribution in [0.25, 0.3) is 16.7 Å². The SMILES string of the molecule is COc1c(-c2ccc(N)nc2)cnc(C2=CCN(C(=O)OC(C)(C)C)CC2)c1OCCc1c(Cl)ccc(F)c1Cl. The van der Waals surface area contributed by atoms with Crippen LogP contribution in [0.15, 0.2) is 42.7 Å². The zero-order chi connectivity index (χ0) is 29.0. The monoisotopic (exact) mass is 588 g/mol. The van der Waals surface area contributed by atoms with Crippen molar-refractivity contribution in [2.24, 2.45) is 0 Å². The van der Waals surface area contributed by atoms with Crippen LogP contribution < -0.4 is 15.2 Å². The molecule has 4 rings (SSSR count). The molecule has 8 nitrogen and oxygen atoms in total. The van der Waals surface area contributed by atoms with Gasteiger partial charge in [0.05, 0.1) is 18.7 Å². The number of anilines is 1. The highest BCUT2D eigenvalue weighted by molar-refractivity contribution is 6.36. The van der Waals surface area contributed by atoms with E-state index < -0.39 is 11.4 Å². The minimum atomic E-state index is -0.586. The number of nitrogens with two attached hydrogens (primary N) is 1. The summed E-state index contributed by atoms with van der Waals surface area (Å²) in [5.41, 5.74) is 8.48. The van der Waals surface area contributed by atoms with E-state index in [1.807, 2.05) is 32.9 Å². The number of nitrogens with zero attached hydrogens (tertiary/aromatic N) is 3. The Balaban J connectivity index is 1.67. The standard InChI is InChI=1S/C29H31Cl2FN4O4/c1-29(2,3)40-28(37)36-12-9-17(10-13-36)25-27(39-14-11-19-21(30)6-7-22(32)24(19)31)26(38-4)20(16-35-25)18-5-8-23(33)34-15-18/h5-9,15-16H,10-14H2,1-4H3,(H2,33,34). The lowest BCUT2D eigenvalue weighted by Crippen LogP contribution is -2.39. The van der Waals surface area contributed by atoms with Gasteiger partial charge in [-0.25, -0.2) is 14.2 Å². The summed E-state index contributed by atoms with van der Waals surface area (Å²) in [6.45, 7) is 6.41. The zero-order valence-electron chi connectivity index (χ0n) is 22.8. The molecule has 0 saturated heterocycles. The maximum absolute atomic E-state index is 14.1. The van der Waals surface area contributed by atoms with Crippen molar-refractivity contribution < 1.29 is 23.4 Å². The van der Waals surface area contributed by atoms with Gasteiger partial charge in [-0.1, -0.05) is 29.3 Å². The molecule has 1 aliphatic heterocycles. The van der Waals surface area contributed by atoms with Gasteiger partial charge in [0, 0.05) is 48.1 Å². The number of halogens is 3. The number of aromatic nitrogens is 2. The molecule has 0 fully saturated rings. The van der Waals surface area contributed by atoms with Crippen LogP contribution in [-0.2, 0) is 11.2 Å². The van der Waals surface area contributed by atoms with E-state index in [0.717, 1.165) is 11.1 Å². The number of carbonyl (C=O) groups is 1. The van der Waals surface area contributed by atoms with Crippen molar-refractivity contribution in [1.29, 1.82) is 0 Å². The highest BCUT2D eigenvalue weighted by Gasteiger charge is 2.27. The molecule has 0 aliphatic carbocycles. The molecule has 0 atom stereocenters. The van der Waals surface area contributed by atoms with Crippen molar-refractivity contribution in [3.05, 3.63) is 69.9 Å². The van der Waals surface area contributed by atoms with E-state index in [1.165, 1.54) is 12.1 Å². The Morgan fingerprint density at radius 3 is 2.52 bits per heavy atom. The Hall–Kier alpha value is -3.56. The molecule has 212 valence electrons. The fraction of sp³-hybridized carbons (Fsp3) is 0.345. The van der Waals surface area contributed by atoms with Crippen molar-refractivity contribution in [2.75, 3.05) is 32.5 Å². The van der Waals surface area contributed by atoms with Gasteiger partial charge in [-0.05, 0) is 62.6 Å². The number of hydrogen-bond acceptors (Lipinski definition) is 7. The van der Waals surface area contributed by atoms with E-state index >= 15 is 0 Å². The van der Waals surface area contributed by atoms with Crippen LogP contribution >= 0.6 is 23.2 Å².